The minimum Gasteiger partial charge on any atom is -0.298 e. The van der Waals surface area contributed by atoms with Gasteiger partial charge in [-0.1, -0.05) is 36.7 Å². The lowest BCUT2D eigenvalue weighted by molar-refractivity contribution is 0.801. The minimum atomic E-state index is 0.708. The van der Waals surface area contributed by atoms with Crippen molar-refractivity contribution >= 4 is 33.6 Å². The lowest BCUT2D eigenvalue weighted by atomic mass is 10.2. The van der Waals surface area contributed by atoms with E-state index in [2.05, 4.69) is 18.2 Å². The van der Waals surface area contributed by atoms with E-state index in [1.165, 1.54) is 11.8 Å². The number of nitrogens with one attached hydrogen (secondary N) is 1. The van der Waals surface area contributed by atoms with Crippen LogP contribution in [0.1, 0.15) is 39.5 Å². The Morgan fingerprint density at radius 1 is 1.06 bits per heavy atom. The van der Waals surface area contributed by atoms with Crippen molar-refractivity contribution < 1.29 is 0 Å². The zero-order chi connectivity index (χ0) is 13.3. The number of nitrogens with zero attached hydrogens (tertiary/aromatic N) is 1. The third-order valence-corrected chi connectivity index (χ3v) is 3.65. The van der Waals surface area contributed by atoms with Gasteiger partial charge in [-0.05, 0) is 49.3 Å². The largest absolute Gasteiger partial charge is 0.298 e. The minimum absolute atomic E-state index is 0.708. The Kier molecular flexibility index (Phi) is 9.27. The SMILES string of the molecule is C=C(C)SC(=N)CCCC/C(=N/C)SC(=C)C. The Hall–Kier alpha value is -0.480. The van der Waals surface area contributed by atoms with E-state index in [1.807, 2.05) is 20.9 Å². The molecule has 0 saturated heterocycles. The first kappa shape index (κ1) is 16.5. The highest BCUT2D eigenvalue weighted by molar-refractivity contribution is 8.17. The highest BCUT2D eigenvalue weighted by atomic mass is 32.2. The molecular weight excluding hydrogens is 248 g/mol. The summed E-state index contributed by atoms with van der Waals surface area (Å²) in [5.41, 5.74) is 0. The Morgan fingerprint density at radius 3 is 2.06 bits per heavy atom. The summed E-state index contributed by atoms with van der Waals surface area (Å²) in [6.07, 6.45) is 3.94. The molecule has 0 aromatic rings. The molecule has 0 spiro atoms. The maximum absolute atomic E-state index is 7.72. The third kappa shape index (κ3) is 10.4. The van der Waals surface area contributed by atoms with E-state index in [4.69, 9.17) is 5.41 Å². The molecular formula is C13H22N2S2. The Balaban J connectivity index is 3.73. The maximum atomic E-state index is 7.72. The smallest absolute Gasteiger partial charge is 0.0716 e. The van der Waals surface area contributed by atoms with Crippen LogP contribution in [0, 0.1) is 5.41 Å². The van der Waals surface area contributed by atoms with Crippen LogP contribution in [-0.4, -0.2) is 17.1 Å². The van der Waals surface area contributed by atoms with Crippen molar-refractivity contribution in [1.29, 1.82) is 5.41 Å². The molecule has 0 fully saturated rings. The molecule has 0 unspecified atom stereocenters. The van der Waals surface area contributed by atoms with Crippen molar-refractivity contribution in [1.82, 2.24) is 0 Å². The summed E-state index contributed by atoms with van der Waals surface area (Å²) in [5.74, 6) is 0. The van der Waals surface area contributed by atoms with E-state index in [-0.39, 0.29) is 0 Å². The lowest BCUT2D eigenvalue weighted by Crippen LogP contribution is -1.95. The molecule has 4 heteroatoms. The predicted molar refractivity (Wildman–Crippen MR) is 84.4 cm³/mol. The molecule has 0 atom stereocenters. The topological polar surface area (TPSA) is 36.2 Å². The number of unbranched alkanes of at least 4 members (excludes halogenated alkanes) is 1. The molecule has 0 heterocycles. The number of hydrogen-bond acceptors (Lipinski definition) is 4. The van der Waals surface area contributed by atoms with Crippen LogP contribution < -0.4 is 0 Å². The number of allylic oxidation sites excluding steroid dienone is 2. The van der Waals surface area contributed by atoms with E-state index in [0.29, 0.717) is 5.04 Å². The lowest BCUT2D eigenvalue weighted by Gasteiger charge is -2.05. The van der Waals surface area contributed by atoms with Gasteiger partial charge < -0.3 is 0 Å². The van der Waals surface area contributed by atoms with E-state index < -0.39 is 0 Å². The van der Waals surface area contributed by atoms with Gasteiger partial charge in [0.25, 0.3) is 0 Å². The van der Waals surface area contributed by atoms with Crippen molar-refractivity contribution in [3.63, 3.8) is 0 Å². The van der Waals surface area contributed by atoms with Crippen LogP contribution in [0.2, 0.25) is 0 Å². The maximum Gasteiger partial charge on any atom is 0.0716 e. The third-order valence-electron chi connectivity index (χ3n) is 1.88. The van der Waals surface area contributed by atoms with Crippen LogP contribution in [0.25, 0.3) is 0 Å². The first-order valence-electron chi connectivity index (χ1n) is 5.65. The zero-order valence-electron chi connectivity index (χ0n) is 11.0. The van der Waals surface area contributed by atoms with Crippen molar-refractivity contribution in [3.05, 3.63) is 23.0 Å². The number of rotatable bonds is 7. The summed E-state index contributed by atoms with van der Waals surface area (Å²) in [7, 11) is 1.82. The molecule has 0 radical (unpaired) electrons. The van der Waals surface area contributed by atoms with Crippen molar-refractivity contribution in [2.45, 2.75) is 39.5 Å². The second-order valence-corrected chi connectivity index (χ2v) is 6.62. The highest BCUT2D eigenvalue weighted by Gasteiger charge is 2.02. The molecule has 2 nitrogen and oxygen atoms in total. The molecule has 0 aromatic heterocycles. The molecule has 1 N–H and O–H groups in total. The molecule has 0 aliphatic carbocycles. The highest BCUT2D eigenvalue weighted by Crippen LogP contribution is 2.21. The normalized spacial score (nSPS) is 11.4. The Bertz CT molecular complexity index is 319. The van der Waals surface area contributed by atoms with Crippen molar-refractivity contribution in [3.8, 4) is 0 Å². The molecule has 0 bridgehead atoms. The second kappa shape index (κ2) is 9.54. The molecule has 0 aliphatic rings. The number of aliphatic imine (C=N–C) groups is 1. The van der Waals surface area contributed by atoms with Crippen LogP contribution in [0.15, 0.2) is 28.0 Å². The molecule has 0 aliphatic heterocycles. The van der Waals surface area contributed by atoms with Crippen molar-refractivity contribution in [2.75, 3.05) is 7.05 Å². The summed E-state index contributed by atoms with van der Waals surface area (Å²) in [6, 6.07) is 0. The molecule has 0 rings (SSSR count). The first-order valence-corrected chi connectivity index (χ1v) is 7.28. The molecule has 0 amide bonds. The summed E-state index contributed by atoms with van der Waals surface area (Å²) in [6.45, 7) is 11.6. The van der Waals surface area contributed by atoms with Gasteiger partial charge in [0, 0.05) is 7.05 Å². The molecule has 0 saturated carbocycles. The van der Waals surface area contributed by atoms with Gasteiger partial charge >= 0.3 is 0 Å². The number of hydrogen-bond donors (Lipinski definition) is 1. The Morgan fingerprint density at radius 2 is 1.59 bits per heavy atom. The van der Waals surface area contributed by atoms with E-state index in [0.717, 1.165) is 40.5 Å². The fourth-order valence-electron chi connectivity index (χ4n) is 1.23. The van der Waals surface area contributed by atoms with Crippen LogP contribution in [0.3, 0.4) is 0 Å². The van der Waals surface area contributed by atoms with E-state index in [9.17, 15) is 0 Å². The zero-order valence-corrected chi connectivity index (χ0v) is 12.6. The number of thioether (sulfide) groups is 2. The van der Waals surface area contributed by atoms with E-state index in [1.54, 1.807) is 11.8 Å². The first-order chi connectivity index (χ1) is 7.95. The van der Waals surface area contributed by atoms with E-state index >= 15 is 0 Å². The van der Waals surface area contributed by atoms with Gasteiger partial charge in [-0.25, -0.2) is 0 Å². The standard InChI is InChI=1S/C13H22N2S2/c1-10(2)16-12(14)8-6-7-9-13(15-5)17-11(3)4/h14H,1,3,6-9H2,2,4-5H3/b14-12?,15-13-. The fraction of sp³-hybridized carbons (Fsp3) is 0.538. The average Bonchev–Trinajstić information content (AvgIpc) is 2.20. The van der Waals surface area contributed by atoms with Crippen molar-refractivity contribution in [2.24, 2.45) is 4.99 Å². The average molecular weight is 270 g/mol. The van der Waals surface area contributed by atoms with Gasteiger partial charge in [0.05, 0.1) is 10.1 Å². The molecule has 96 valence electrons. The van der Waals surface area contributed by atoms with Crippen LogP contribution in [-0.2, 0) is 0 Å². The summed E-state index contributed by atoms with van der Waals surface area (Å²) < 4.78 is 0. The quantitative estimate of drug-likeness (QED) is 0.397. The van der Waals surface area contributed by atoms with Gasteiger partial charge in [0.15, 0.2) is 0 Å². The predicted octanol–water partition coefficient (Wildman–Crippen LogP) is 5.09. The molecule has 0 aromatic carbocycles. The monoisotopic (exact) mass is 270 g/mol. The fourth-order valence-corrected chi connectivity index (χ4v) is 2.64. The van der Waals surface area contributed by atoms with Gasteiger partial charge in [-0.3, -0.25) is 10.4 Å². The summed E-state index contributed by atoms with van der Waals surface area (Å²) in [4.78, 5) is 6.31. The second-order valence-electron chi connectivity index (χ2n) is 3.86. The van der Waals surface area contributed by atoms with Gasteiger partial charge in [-0.2, -0.15) is 0 Å². The van der Waals surface area contributed by atoms with Gasteiger partial charge in [-0.15, -0.1) is 0 Å². The van der Waals surface area contributed by atoms with Crippen LogP contribution in [0.4, 0.5) is 0 Å². The summed E-state index contributed by atoms with van der Waals surface area (Å²) in [5, 5.41) is 9.56. The Labute approximate surface area is 114 Å². The van der Waals surface area contributed by atoms with Gasteiger partial charge in [0.1, 0.15) is 0 Å². The van der Waals surface area contributed by atoms with Crippen LogP contribution >= 0.6 is 23.5 Å². The summed E-state index contributed by atoms with van der Waals surface area (Å²) >= 11 is 3.12. The van der Waals surface area contributed by atoms with Crippen LogP contribution in [0.5, 0.6) is 0 Å². The molecule has 17 heavy (non-hydrogen) atoms. The van der Waals surface area contributed by atoms with Gasteiger partial charge in [0.2, 0.25) is 0 Å².